The fourth-order valence-corrected chi connectivity index (χ4v) is 4.43. The summed E-state index contributed by atoms with van der Waals surface area (Å²) in [6.07, 6.45) is 3.96. The number of sulfone groups is 1. The third kappa shape index (κ3) is 2.81. The maximum atomic E-state index is 12.3. The molecule has 0 spiro atoms. The van der Waals surface area contributed by atoms with Crippen LogP contribution >= 0.6 is 0 Å². The zero-order valence-electron chi connectivity index (χ0n) is 10.2. The fraction of sp³-hybridized carbons (Fsp3) is 0.500. The van der Waals surface area contributed by atoms with Crippen LogP contribution < -0.4 is 5.73 Å². The van der Waals surface area contributed by atoms with Crippen LogP contribution in [0.2, 0.25) is 0 Å². The van der Waals surface area contributed by atoms with E-state index >= 15 is 0 Å². The number of hydrogen-bond acceptors (Lipinski definition) is 4. The summed E-state index contributed by atoms with van der Waals surface area (Å²) in [4.78, 5) is 0.906. The highest BCUT2D eigenvalue weighted by molar-refractivity contribution is 7.90. The Labute approximate surface area is 110 Å². The van der Waals surface area contributed by atoms with Gasteiger partial charge in [-0.25, -0.2) is 8.42 Å². The van der Waals surface area contributed by atoms with Gasteiger partial charge in [-0.3, -0.25) is 4.21 Å². The van der Waals surface area contributed by atoms with Gasteiger partial charge in [0.05, 0.1) is 20.9 Å². The molecule has 0 bridgehead atoms. The molecule has 1 saturated carbocycles. The lowest BCUT2D eigenvalue weighted by atomic mass is 10.3. The second kappa shape index (κ2) is 5.11. The minimum absolute atomic E-state index is 0.00548. The van der Waals surface area contributed by atoms with Gasteiger partial charge in [-0.15, -0.1) is 0 Å². The van der Waals surface area contributed by atoms with Crippen LogP contribution in [0.4, 0.5) is 0 Å². The Bertz CT molecular complexity index is 551. The minimum atomic E-state index is -3.20. The number of benzene rings is 1. The predicted molar refractivity (Wildman–Crippen MR) is 71.6 cm³/mol. The van der Waals surface area contributed by atoms with Gasteiger partial charge in [0.1, 0.15) is 0 Å². The third-order valence-electron chi connectivity index (χ3n) is 3.26. The molecule has 0 aliphatic heterocycles. The summed E-state index contributed by atoms with van der Waals surface area (Å²) in [6.45, 7) is 0. The second-order valence-corrected chi connectivity index (χ2v) is 8.36. The van der Waals surface area contributed by atoms with Crippen molar-refractivity contribution in [2.45, 2.75) is 40.3 Å². The van der Waals surface area contributed by atoms with Gasteiger partial charge in [0.2, 0.25) is 0 Å². The lowest BCUT2D eigenvalue weighted by Gasteiger charge is -2.14. The maximum Gasteiger partial charge on any atom is 0.175 e. The van der Waals surface area contributed by atoms with Gasteiger partial charge in [-0.05, 0) is 37.1 Å². The molecule has 2 rings (SSSR count). The molecule has 1 aromatic carbocycles. The van der Waals surface area contributed by atoms with E-state index in [-0.39, 0.29) is 16.2 Å². The first kappa shape index (κ1) is 13.7. The van der Waals surface area contributed by atoms with Gasteiger partial charge >= 0.3 is 0 Å². The molecule has 1 fully saturated rings. The Morgan fingerprint density at radius 1 is 1.22 bits per heavy atom. The fourth-order valence-electron chi connectivity index (χ4n) is 2.22. The van der Waals surface area contributed by atoms with Crippen LogP contribution in [0, 0.1) is 0 Å². The molecule has 0 saturated heterocycles. The zero-order valence-corrected chi connectivity index (χ0v) is 11.8. The van der Waals surface area contributed by atoms with Crippen molar-refractivity contribution in [3.8, 4) is 0 Å². The topological polar surface area (TPSA) is 77.2 Å². The van der Waals surface area contributed by atoms with Gasteiger partial charge in [-0.1, -0.05) is 6.42 Å². The molecular formula is C12H17NO3S2. The predicted octanol–water partition coefficient (Wildman–Crippen LogP) is 1.08. The lowest BCUT2D eigenvalue weighted by Crippen LogP contribution is -2.32. The zero-order chi connectivity index (χ0) is 13.3. The molecular weight excluding hydrogens is 270 g/mol. The molecule has 4 nitrogen and oxygen atoms in total. The Balaban J connectivity index is 2.22. The van der Waals surface area contributed by atoms with E-state index in [0.717, 1.165) is 25.5 Å². The van der Waals surface area contributed by atoms with Crippen LogP contribution in [-0.4, -0.2) is 30.2 Å². The SMILES string of the molecule is CS(=O)(=O)c1ccc(S(=O)C2CCCC2N)cc1. The molecule has 1 aliphatic rings. The van der Waals surface area contributed by atoms with E-state index in [1.54, 1.807) is 12.1 Å². The average Bonchev–Trinajstić information content (AvgIpc) is 2.73. The first-order valence-corrected chi connectivity index (χ1v) is 8.96. The van der Waals surface area contributed by atoms with Gasteiger partial charge in [0.15, 0.2) is 9.84 Å². The van der Waals surface area contributed by atoms with Crippen LogP contribution in [0.5, 0.6) is 0 Å². The summed E-state index contributed by atoms with van der Waals surface area (Å²) in [5, 5.41) is -0.00548. The van der Waals surface area contributed by atoms with Crippen LogP contribution in [0.15, 0.2) is 34.1 Å². The van der Waals surface area contributed by atoms with Crippen molar-refractivity contribution in [2.75, 3.05) is 6.26 Å². The molecule has 0 aromatic heterocycles. The van der Waals surface area contributed by atoms with E-state index < -0.39 is 20.6 Å². The summed E-state index contributed by atoms with van der Waals surface area (Å²) in [5.41, 5.74) is 5.93. The first-order chi connectivity index (χ1) is 8.39. The summed E-state index contributed by atoms with van der Waals surface area (Å²) in [5.74, 6) is 0. The Kier molecular flexibility index (Phi) is 3.89. The van der Waals surface area contributed by atoms with Crippen molar-refractivity contribution >= 4 is 20.6 Å². The molecule has 3 unspecified atom stereocenters. The average molecular weight is 287 g/mol. The first-order valence-electron chi connectivity index (χ1n) is 5.86. The molecule has 3 atom stereocenters. The highest BCUT2D eigenvalue weighted by atomic mass is 32.2. The van der Waals surface area contributed by atoms with E-state index in [1.807, 2.05) is 0 Å². The maximum absolute atomic E-state index is 12.3. The van der Waals surface area contributed by atoms with E-state index in [0.29, 0.717) is 4.90 Å². The highest BCUT2D eigenvalue weighted by Crippen LogP contribution is 2.26. The van der Waals surface area contributed by atoms with Crippen LogP contribution in [0.25, 0.3) is 0 Å². The van der Waals surface area contributed by atoms with Gasteiger partial charge < -0.3 is 5.73 Å². The van der Waals surface area contributed by atoms with E-state index in [9.17, 15) is 12.6 Å². The van der Waals surface area contributed by atoms with Gasteiger partial charge in [0.25, 0.3) is 0 Å². The Morgan fingerprint density at radius 3 is 2.28 bits per heavy atom. The number of hydrogen-bond donors (Lipinski definition) is 1. The van der Waals surface area contributed by atoms with Crippen LogP contribution in [-0.2, 0) is 20.6 Å². The van der Waals surface area contributed by atoms with Crippen LogP contribution in [0.1, 0.15) is 19.3 Å². The van der Waals surface area contributed by atoms with Gasteiger partial charge in [0, 0.05) is 17.2 Å². The second-order valence-electron chi connectivity index (χ2n) is 4.67. The van der Waals surface area contributed by atoms with Crippen molar-refractivity contribution < 1.29 is 12.6 Å². The largest absolute Gasteiger partial charge is 0.327 e. The van der Waals surface area contributed by atoms with Crippen LogP contribution in [0.3, 0.4) is 0 Å². The van der Waals surface area contributed by atoms with Crippen molar-refractivity contribution in [1.82, 2.24) is 0 Å². The Hall–Kier alpha value is -0.720. The molecule has 1 aliphatic carbocycles. The van der Waals surface area contributed by atoms with E-state index in [4.69, 9.17) is 5.73 Å². The smallest absolute Gasteiger partial charge is 0.175 e. The molecule has 2 N–H and O–H groups in total. The van der Waals surface area contributed by atoms with E-state index in [2.05, 4.69) is 0 Å². The summed E-state index contributed by atoms with van der Waals surface area (Å²) >= 11 is 0. The standard InChI is InChI=1S/C12H17NO3S2/c1-18(15,16)10-7-5-9(6-8-10)17(14)12-4-2-3-11(12)13/h5-8,11-12H,2-4,13H2,1H3. The summed E-state index contributed by atoms with van der Waals surface area (Å²) in [7, 11) is -4.34. The van der Waals surface area contributed by atoms with Crippen molar-refractivity contribution in [3.05, 3.63) is 24.3 Å². The highest BCUT2D eigenvalue weighted by Gasteiger charge is 2.29. The van der Waals surface area contributed by atoms with E-state index in [1.165, 1.54) is 12.1 Å². The molecule has 0 radical (unpaired) electrons. The quantitative estimate of drug-likeness (QED) is 0.902. The van der Waals surface area contributed by atoms with Crippen molar-refractivity contribution in [2.24, 2.45) is 5.73 Å². The molecule has 18 heavy (non-hydrogen) atoms. The van der Waals surface area contributed by atoms with Crippen molar-refractivity contribution in [1.29, 1.82) is 0 Å². The third-order valence-corrected chi connectivity index (χ3v) is 6.26. The molecule has 100 valence electrons. The molecule has 0 amide bonds. The minimum Gasteiger partial charge on any atom is -0.327 e. The summed E-state index contributed by atoms with van der Waals surface area (Å²) < 4.78 is 35.0. The number of rotatable bonds is 3. The lowest BCUT2D eigenvalue weighted by molar-refractivity contribution is 0.601. The molecule has 6 heteroatoms. The summed E-state index contributed by atoms with van der Waals surface area (Å²) in [6, 6.07) is 6.24. The normalized spacial score (nSPS) is 26.1. The Morgan fingerprint density at radius 2 is 1.83 bits per heavy atom. The number of nitrogens with two attached hydrogens (primary N) is 1. The van der Waals surface area contributed by atoms with Gasteiger partial charge in [-0.2, -0.15) is 0 Å². The monoisotopic (exact) mass is 287 g/mol. The molecule has 1 aromatic rings. The van der Waals surface area contributed by atoms with Crippen molar-refractivity contribution in [3.63, 3.8) is 0 Å². The molecule has 0 heterocycles.